The van der Waals surface area contributed by atoms with E-state index in [1.54, 1.807) is 56.7 Å². The number of aryl methyl sites for hydroxylation is 1. The van der Waals surface area contributed by atoms with Gasteiger partial charge < -0.3 is 8.94 Å². The molecule has 0 aliphatic rings. The topological polar surface area (TPSA) is 129 Å². The van der Waals surface area contributed by atoms with Crippen LogP contribution in [0.5, 0.6) is 0 Å². The average Bonchev–Trinajstić information content (AvgIpc) is 3.60. The lowest BCUT2D eigenvalue weighted by Crippen LogP contribution is -2.15. The van der Waals surface area contributed by atoms with Gasteiger partial charge in [0.05, 0.1) is 35.7 Å². The zero-order valence-corrected chi connectivity index (χ0v) is 19.2. The van der Waals surface area contributed by atoms with Crippen LogP contribution in [0.4, 0.5) is 5.88 Å². The van der Waals surface area contributed by atoms with Crippen LogP contribution < -0.4 is 4.72 Å². The molecule has 5 rings (SSSR count). The van der Waals surface area contributed by atoms with Crippen molar-refractivity contribution in [2.75, 3.05) is 4.72 Å². The molecule has 0 unspecified atom stereocenters. The second kappa shape index (κ2) is 8.60. The Labute approximate surface area is 195 Å². The van der Waals surface area contributed by atoms with E-state index in [-0.39, 0.29) is 10.8 Å². The maximum absolute atomic E-state index is 13.4. The van der Waals surface area contributed by atoms with E-state index < -0.39 is 10.0 Å². The second-order valence-corrected chi connectivity index (χ2v) is 9.24. The Hall–Kier alpha value is -4.25. The second-order valence-electron chi connectivity index (χ2n) is 7.59. The molecular formula is C23H20N6O4S. The number of anilines is 1. The van der Waals surface area contributed by atoms with Crippen molar-refractivity contribution in [3.8, 4) is 22.6 Å². The molecule has 3 heterocycles. The fourth-order valence-electron chi connectivity index (χ4n) is 3.57. The molecule has 0 atom stereocenters. The van der Waals surface area contributed by atoms with Crippen molar-refractivity contribution in [2.24, 2.45) is 0 Å². The summed E-state index contributed by atoms with van der Waals surface area (Å²) in [6.07, 6.45) is 6.24. The molecule has 10 nitrogen and oxygen atoms in total. The van der Waals surface area contributed by atoms with Gasteiger partial charge in [-0.3, -0.25) is 0 Å². The van der Waals surface area contributed by atoms with Crippen molar-refractivity contribution < 1.29 is 17.4 Å². The molecule has 5 aromatic rings. The first kappa shape index (κ1) is 21.6. The fraction of sp³-hybridized carbons (Fsp3) is 0.130. The third kappa shape index (κ3) is 4.08. The number of rotatable bonds is 7. The lowest BCUT2D eigenvalue weighted by Gasteiger charge is -2.15. The molecule has 1 N–H and O–H groups in total. The molecule has 0 fully saturated rings. The Morgan fingerprint density at radius 2 is 1.79 bits per heavy atom. The van der Waals surface area contributed by atoms with E-state index in [4.69, 9.17) is 8.94 Å². The molecule has 34 heavy (non-hydrogen) atoms. The standard InChI is InChI=1S/C23H20N6O4S/c1-15-16(2)27-33-22(15)28-34(30,31)21-6-4-3-5-20(21)19-8-7-17(23-24-11-12-32-23)13-18(19)14-29-25-9-10-26-29/h3-13,28H,14H2,1-2H3. The summed E-state index contributed by atoms with van der Waals surface area (Å²) in [5.41, 5.74) is 4.01. The highest BCUT2D eigenvalue weighted by molar-refractivity contribution is 7.92. The summed E-state index contributed by atoms with van der Waals surface area (Å²) >= 11 is 0. The van der Waals surface area contributed by atoms with Crippen molar-refractivity contribution >= 4 is 15.9 Å². The van der Waals surface area contributed by atoms with Crippen LogP contribution in [0, 0.1) is 13.8 Å². The summed E-state index contributed by atoms with van der Waals surface area (Å²) < 4.78 is 39.9. The third-order valence-electron chi connectivity index (χ3n) is 5.41. The van der Waals surface area contributed by atoms with Crippen LogP contribution in [0.15, 0.2) is 81.2 Å². The van der Waals surface area contributed by atoms with E-state index in [0.29, 0.717) is 34.8 Å². The van der Waals surface area contributed by atoms with E-state index in [1.165, 1.54) is 11.1 Å². The van der Waals surface area contributed by atoms with Crippen LogP contribution in [0.1, 0.15) is 16.8 Å². The van der Waals surface area contributed by atoms with Gasteiger partial charge in [0.1, 0.15) is 6.26 Å². The van der Waals surface area contributed by atoms with Crippen LogP contribution in [0.2, 0.25) is 0 Å². The predicted octanol–water partition coefficient (Wildman–Crippen LogP) is 4.05. The maximum atomic E-state index is 13.4. The average molecular weight is 477 g/mol. The number of aromatic nitrogens is 5. The first-order chi connectivity index (χ1) is 16.4. The zero-order valence-electron chi connectivity index (χ0n) is 18.3. The number of sulfonamides is 1. The number of hydrogen-bond donors (Lipinski definition) is 1. The van der Waals surface area contributed by atoms with Crippen molar-refractivity contribution in [2.45, 2.75) is 25.3 Å². The van der Waals surface area contributed by atoms with Gasteiger partial charge >= 0.3 is 0 Å². The molecule has 0 spiro atoms. The molecule has 0 radical (unpaired) electrons. The normalized spacial score (nSPS) is 11.6. The smallest absolute Gasteiger partial charge is 0.264 e. The summed E-state index contributed by atoms with van der Waals surface area (Å²) in [7, 11) is -3.99. The van der Waals surface area contributed by atoms with E-state index in [1.807, 2.05) is 18.2 Å². The number of benzene rings is 2. The Morgan fingerprint density at radius 1 is 1.00 bits per heavy atom. The quantitative estimate of drug-likeness (QED) is 0.372. The van der Waals surface area contributed by atoms with E-state index in [9.17, 15) is 8.42 Å². The Kier molecular flexibility index (Phi) is 5.46. The van der Waals surface area contributed by atoms with Gasteiger partial charge in [0.15, 0.2) is 0 Å². The van der Waals surface area contributed by atoms with Crippen LogP contribution >= 0.6 is 0 Å². The molecule has 0 bridgehead atoms. The molecule has 2 aromatic carbocycles. The SMILES string of the molecule is Cc1noc(NS(=O)(=O)c2ccccc2-c2ccc(-c3ncco3)cc2Cn2nccn2)c1C. The first-order valence-electron chi connectivity index (χ1n) is 10.3. The number of hydrogen-bond acceptors (Lipinski definition) is 8. The van der Waals surface area contributed by atoms with Crippen molar-refractivity contribution in [3.63, 3.8) is 0 Å². The summed E-state index contributed by atoms with van der Waals surface area (Å²) in [6, 6.07) is 12.3. The van der Waals surface area contributed by atoms with Gasteiger partial charge in [-0.05, 0) is 43.2 Å². The largest absolute Gasteiger partial charge is 0.445 e. The first-order valence-corrected chi connectivity index (χ1v) is 11.8. The van der Waals surface area contributed by atoms with Gasteiger partial charge in [-0.25, -0.2) is 18.1 Å². The number of nitrogens with zero attached hydrogens (tertiary/aromatic N) is 5. The van der Waals surface area contributed by atoms with E-state index in [2.05, 4.69) is 25.1 Å². The van der Waals surface area contributed by atoms with Crippen LogP contribution in [0.3, 0.4) is 0 Å². The summed E-state index contributed by atoms with van der Waals surface area (Å²) in [4.78, 5) is 5.84. The van der Waals surface area contributed by atoms with E-state index >= 15 is 0 Å². The molecule has 3 aromatic heterocycles. The highest BCUT2D eigenvalue weighted by atomic mass is 32.2. The van der Waals surface area contributed by atoms with Crippen LogP contribution in [0.25, 0.3) is 22.6 Å². The molecule has 0 saturated carbocycles. The molecule has 0 saturated heterocycles. The Balaban J connectivity index is 1.62. The molecule has 11 heteroatoms. The Bertz CT molecular complexity index is 1540. The van der Waals surface area contributed by atoms with Crippen molar-refractivity contribution in [1.82, 2.24) is 25.1 Å². The van der Waals surface area contributed by atoms with Gasteiger partial charge in [0.25, 0.3) is 10.0 Å². The maximum Gasteiger partial charge on any atom is 0.264 e. The van der Waals surface area contributed by atoms with Crippen LogP contribution in [-0.2, 0) is 16.6 Å². The van der Waals surface area contributed by atoms with Crippen LogP contribution in [-0.4, -0.2) is 33.6 Å². The predicted molar refractivity (Wildman–Crippen MR) is 123 cm³/mol. The summed E-state index contributed by atoms with van der Waals surface area (Å²) in [6.45, 7) is 3.81. The fourth-order valence-corrected chi connectivity index (χ4v) is 4.84. The highest BCUT2D eigenvalue weighted by Gasteiger charge is 2.24. The molecule has 0 aliphatic carbocycles. The lowest BCUT2D eigenvalue weighted by molar-refractivity contribution is 0.430. The van der Waals surface area contributed by atoms with Gasteiger partial charge in [-0.1, -0.05) is 29.4 Å². The number of oxazole rings is 1. The van der Waals surface area contributed by atoms with Gasteiger partial charge in [-0.15, -0.1) is 0 Å². The van der Waals surface area contributed by atoms with Crippen molar-refractivity contribution in [3.05, 3.63) is 84.1 Å². The monoisotopic (exact) mass is 476 g/mol. The number of nitrogens with one attached hydrogen (secondary N) is 1. The van der Waals surface area contributed by atoms with Gasteiger partial charge in [-0.2, -0.15) is 15.0 Å². The Morgan fingerprint density at radius 3 is 2.50 bits per heavy atom. The molecule has 0 aliphatic heterocycles. The summed E-state index contributed by atoms with van der Waals surface area (Å²) in [5.74, 6) is 0.549. The minimum Gasteiger partial charge on any atom is -0.445 e. The zero-order chi connectivity index (χ0) is 23.7. The van der Waals surface area contributed by atoms with Gasteiger partial charge in [0, 0.05) is 16.7 Å². The van der Waals surface area contributed by atoms with Crippen molar-refractivity contribution in [1.29, 1.82) is 0 Å². The minimum absolute atomic E-state index is 0.0903. The lowest BCUT2D eigenvalue weighted by atomic mass is 9.97. The third-order valence-corrected chi connectivity index (χ3v) is 6.80. The van der Waals surface area contributed by atoms with Gasteiger partial charge in [0.2, 0.25) is 11.8 Å². The molecule has 0 amide bonds. The summed E-state index contributed by atoms with van der Waals surface area (Å²) in [5, 5.41) is 12.2. The molecule has 172 valence electrons. The highest BCUT2D eigenvalue weighted by Crippen LogP contribution is 2.34. The molecular weight excluding hydrogens is 456 g/mol. The van der Waals surface area contributed by atoms with E-state index in [0.717, 1.165) is 11.1 Å². The minimum atomic E-state index is -3.99.